The van der Waals surface area contributed by atoms with Gasteiger partial charge in [0.2, 0.25) is 0 Å². The van der Waals surface area contributed by atoms with Gasteiger partial charge in [0.15, 0.2) is 17.2 Å². The fraction of sp³-hybridized carbons (Fsp3) is 0.174. The first-order valence-corrected chi connectivity index (χ1v) is 11.0. The summed E-state index contributed by atoms with van der Waals surface area (Å²) in [6.45, 7) is 4.92. The second-order valence-corrected chi connectivity index (χ2v) is 8.07. The summed E-state index contributed by atoms with van der Waals surface area (Å²) in [6, 6.07) is 9.81. The smallest absolute Gasteiger partial charge is 0.277 e. The molecule has 1 N–H and O–H groups in total. The van der Waals surface area contributed by atoms with Crippen LogP contribution in [0.2, 0.25) is 5.02 Å². The zero-order chi connectivity index (χ0) is 23.8. The van der Waals surface area contributed by atoms with Crippen LogP contribution in [0.3, 0.4) is 0 Å². The van der Waals surface area contributed by atoms with Crippen molar-refractivity contribution in [2.75, 3.05) is 5.32 Å². The first-order valence-electron chi connectivity index (χ1n) is 10.6. The quantitative estimate of drug-likeness (QED) is 0.394. The number of rotatable bonds is 6. The van der Waals surface area contributed by atoms with E-state index in [-0.39, 0.29) is 28.9 Å². The summed E-state index contributed by atoms with van der Waals surface area (Å²) in [5.74, 6) is -0.670. The van der Waals surface area contributed by atoms with E-state index in [9.17, 15) is 9.18 Å². The minimum Gasteiger partial charge on any atom is -0.302 e. The number of hydrogen-bond donors (Lipinski definition) is 1. The average Bonchev–Trinajstić information content (AvgIpc) is 3.52. The second kappa shape index (κ2) is 8.71. The molecule has 11 heteroatoms. The minimum absolute atomic E-state index is 0.153. The molecule has 9 nitrogen and oxygen atoms in total. The molecule has 0 bridgehead atoms. The summed E-state index contributed by atoms with van der Waals surface area (Å²) in [4.78, 5) is 17.2. The lowest BCUT2D eigenvalue weighted by molar-refractivity contribution is 0.102. The van der Waals surface area contributed by atoms with Gasteiger partial charge in [0.25, 0.3) is 5.91 Å². The van der Waals surface area contributed by atoms with Gasteiger partial charge in [-0.25, -0.2) is 13.9 Å². The number of amides is 1. The number of carbonyl (C=O) groups is 1. The summed E-state index contributed by atoms with van der Waals surface area (Å²) in [7, 11) is 0. The predicted molar refractivity (Wildman–Crippen MR) is 125 cm³/mol. The number of hydrogen-bond acceptors (Lipinski definition) is 5. The molecule has 5 rings (SSSR count). The molecule has 0 spiro atoms. The topological polar surface area (TPSA) is 94.9 Å². The van der Waals surface area contributed by atoms with Gasteiger partial charge in [0.1, 0.15) is 10.8 Å². The summed E-state index contributed by atoms with van der Waals surface area (Å²) >= 11 is 6.26. The molecule has 0 aliphatic heterocycles. The third-order valence-electron chi connectivity index (χ3n) is 5.51. The lowest BCUT2D eigenvalue weighted by Gasteiger charge is -2.05. The lowest BCUT2D eigenvalue weighted by Crippen LogP contribution is -2.14. The van der Waals surface area contributed by atoms with Crippen molar-refractivity contribution in [3.05, 3.63) is 82.8 Å². The van der Waals surface area contributed by atoms with Gasteiger partial charge in [-0.15, -0.1) is 0 Å². The maximum atomic E-state index is 14.0. The van der Waals surface area contributed by atoms with Crippen LogP contribution in [0.15, 0.2) is 55.0 Å². The van der Waals surface area contributed by atoms with Gasteiger partial charge in [-0.05, 0) is 26.0 Å². The van der Waals surface area contributed by atoms with Crippen molar-refractivity contribution in [1.82, 2.24) is 34.2 Å². The molecule has 172 valence electrons. The fourth-order valence-corrected chi connectivity index (χ4v) is 3.96. The summed E-state index contributed by atoms with van der Waals surface area (Å²) in [5.41, 5.74) is 3.79. The van der Waals surface area contributed by atoms with Crippen LogP contribution in [-0.2, 0) is 13.1 Å². The Morgan fingerprint density at radius 2 is 2.03 bits per heavy atom. The molecule has 34 heavy (non-hydrogen) atoms. The predicted octanol–water partition coefficient (Wildman–Crippen LogP) is 4.21. The number of halogens is 2. The van der Waals surface area contributed by atoms with Gasteiger partial charge < -0.3 is 5.32 Å². The van der Waals surface area contributed by atoms with Crippen LogP contribution in [0.25, 0.3) is 16.9 Å². The highest BCUT2D eigenvalue weighted by molar-refractivity contribution is 6.33. The number of anilines is 1. The molecule has 0 fully saturated rings. The number of nitrogens with one attached hydrogen (secondary N) is 1. The van der Waals surface area contributed by atoms with Crippen LogP contribution in [0.4, 0.5) is 10.2 Å². The van der Waals surface area contributed by atoms with Crippen molar-refractivity contribution in [3.8, 4) is 11.3 Å². The third-order valence-corrected chi connectivity index (χ3v) is 5.79. The number of carbonyl (C=O) groups excluding carboxylic acids is 1. The molecule has 4 heterocycles. The normalized spacial score (nSPS) is 11.3. The summed E-state index contributed by atoms with van der Waals surface area (Å²) in [5, 5.41) is 16.0. The highest BCUT2D eigenvalue weighted by Crippen LogP contribution is 2.25. The monoisotopic (exact) mass is 478 g/mol. The van der Waals surface area contributed by atoms with E-state index in [1.54, 1.807) is 41.2 Å². The number of aryl methyl sites for hydroxylation is 1. The molecule has 1 aromatic carbocycles. The molecule has 0 unspecified atom stereocenters. The van der Waals surface area contributed by atoms with Crippen molar-refractivity contribution in [2.45, 2.75) is 26.9 Å². The Kier molecular flexibility index (Phi) is 5.58. The van der Waals surface area contributed by atoms with E-state index in [1.165, 1.54) is 16.9 Å². The highest BCUT2D eigenvalue weighted by atomic mass is 35.5. The van der Waals surface area contributed by atoms with Crippen LogP contribution in [0.5, 0.6) is 0 Å². The molecule has 1 amide bonds. The number of nitrogens with zero attached hydrogens (tertiary/aromatic N) is 7. The highest BCUT2D eigenvalue weighted by Gasteiger charge is 2.19. The van der Waals surface area contributed by atoms with Crippen molar-refractivity contribution in [3.63, 3.8) is 0 Å². The minimum atomic E-state index is -0.490. The molecule has 0 aliphatic rings. The largest absolute Gasteiger partial charge is 0.302 e. The SMILES string of the molecule is CCn1ncc(-c2ccnc3cc(C(=O)Nc4nn(Cc5ccccc5F)cc4Cl)nn23)c1C. The Balaban J connectivity index is 1.41. The zero-order valence-electron chi connectivity index (χ0n) is 18.4. The van der Waals surface area contributed by atoms with Crippen molar-refractivity contribution < 1.29 is 9.18 Å². The van der Waals surface area contributed by atoms with E-state index in [4.69, 9.17) is 11.6 Å². The van der Waals surface area contributed by atoms with Crippen molar-refractivity contribution in [2.24, 2.45) is 0 Å². The molecule has 0 saturated heterocycles. The van der Waals surface area contributed by atoms with Gasteiger partial charge in [-0.2, -0.15) is 15.3 Å². The maximum Gasteiger partial charge on any atom is 0.277 e. The van der Waals surface area contributed by atoms with Gasteiger partial charge in [0.05, 0.1) is 18.4 Å². The molecule has 0 atom stereocenters. The van der Waals surface area contributed by atoms with E-state index in [0.29, 0.717) is 11.2 Å². The summed E-state index contributed by atoms with van der Waals surface area (Å²) < 4.78 is 18.9. The van der Waals surface area contributed by atoms with Gasteiger partial charge in [0, 0.05) is 41.8 Å². The summed E-state index contributed by atoms with van der Waals surface area (Å²) in [6.07, 6.45) is 4.97. The van der Waals surface area contributed by atoms with E-state index in [2.05, 4.69) is 25.6 Å². The average molecular weight is 479 g/mol. The molecular formula is C23H20ClFN8O. The Morgan fingerprint density at radius 1 is 1.21 bits per heavy atom. The number of aromatic nitrogens is 7. The first kappa shape index (κ1) is 21.8. The Hall–Kier alpha value is -4.05. The Morgan fingerprint density at radius 3 is 2.79 bits per heavy atom. The fourth-order valence-electron chi connectivity index (χ4n) is 3.76. The maximum absolute atomic E-state index is 14.0. The van der Waals surface area contributed by atoms with Crippen LogP contribution >= 0.6 is 11.6 Å². The first-order chi connectivity index (χ1) is 16.4. The number of fused-ring (bicyclic) bond motifs is 1. The molecule has 0 radical (unpaired) electrons. The molecule has 5 aromatic rings. The van der Waals surface area contributed by atoms with E-state index >= 15 is 0 Å². The molecule has 0 saturated carbocycles. The van der Waals surface area contributed by atoms with E-state index in [1.807, 2.05) is 24.6 Å². The zero-order valence-corrected chi connectivity index (χ0v) is 19.2. The number of benzene rings is 1. The van der Waals surface area contributed by atoms with Crippen LogP contribution in [-0.4, -0.2) is 40.1 Å². The van der Waals surface area contributed by atoms with Crippen molar-refractivity contribution in [1.29, 1.82) is 0 Å². The van der Waals surface area contributed by atoms with E-state index in [0.717, 1.165) is 23.5 Å². The third kappa shape index (κ3) is 3.92. The van der Waals surface area contributed by atoms with Gasteiger partial charge >= 0.3 is 0 Å². The Bertz CT molecular complexity index is 1520. The van der Waals surface area contributed by atoms with Crippen LogP contribution in [0.1, 0.15) is 28.7 Å². The van der Waals surface area contributed by atoms with Gasteiger partial charge in [-0.3, -0.25) is 14.2 Å². The van der Waals surface area contributed by atoms with Crippen molar-refractivity contribution >= 4 is 29.0 Å². The Labute approximate surface area is 198 Å². The molecule has 4 aromatic heterocycles. The van der Waals surface area contributed by atoms with Gasteiger partial charge in [-0.1, -0.05) is 29.8 Å². The van der Waals surface area contributed by atoms with E-state index < -0.39 is 5.91 Å². The van der Waals surface area contributed by atoms with Crippen LogP contribution < -0.4 is 5.32 Å². The standard InChI is InChI=1S/C23H20ClFN8O/c1-3-32-14(2)16(11-27-32)20-8-9-26-21-10-19(29-33(20)21)23(34)28-22-17(24)13-31(30-22)12-15-6-4-5-7-18(15)25/h4-11,13H,3,12H2,1-2H3,(H,28,30,34). The molecular weight excluding hydrogens is 459 g/mol. The lowest BCUT2D eigenvalue weighted by atomic mass is 10.2. The van der Waals surface area contributed by atoms with Crippen LogP contribution in [0, 0.1) is 12.7 Å². The molecule has 0 aliphatic carbocycles. The second-order valence-electron chi connectivity index (χ2n) is 7.66.